The molecule has 19 heavy (non-hydrogen) atoms. The number of nitrogens with zero attached hydrogens (tertiary/aromatic N) is 1. The monoisotopic (exact) mass is 263 g/mol. The van der Waals surface area contributed by atoms with Gasteiger partial charge in [0.15, 0.2) is 18.0 Å². The summed E-state index contributed by atoms with van der Waals surface area (Å²) in [6.45, 7) is 0.223. The van der Waals surface area contributed by atoms with Crippen molar-refractivity contribution in [1.29, 1.82) is 0 Å². The number of carboxylic acids is 1. The van der Waals surface area contributed by atoms with E-state index in [-0.39, 0.29) is 6.54 Å². The van der Waals surface area contributed by atoms with Crippen LogP contribution >= 0.6 is 0 Å². The Morgan fingerprint density at radius 1 is 1.47 bits per heavy atom. The molecule has 7 nitrogen and oxygen atoms in total. The molecular formula is C12H13N3O4. The topological polar surface area (TPSA) is 104 Å². The zero-order valence-electron chi connectivity index (χ0n) is 10.2. The summed E-state index contributed by atoms with van der Waals surface area (Å²) in [6, 6.07) is 4.06. The van der Waals surface area contributed by atoms with Crippen LogP contribution in [0.2, 0.25) is 0 Å². The minimum Gasteiger partial charge on any atom is -0.480 e. The van der Waals surface area contributed by atoms with Crippen molar-refractivity contribution in [1.82, 2.24) is 15.6 Å². The lowest BCUT2D eigenvalue weighted by atomic mass is 10.2. The molecule has 1 atom stereocenters. The molecule has 1 amide bonds. The van der Waals surface area contributed by atoms with Gasteiger partial charge >= 0.3 is 5.97 Å². The number of benzene rings is 1. The van der Waals surface area contributed by atoms with Crippen molar-refractivity contribution in [3.05, 3.63) is 30.2 Å². The molecule has 0 aliphatic carbocycles. The molecule has 3 N–H and O–H groups in total. The van der Waals surface area contributed by atoms with Gasteiger partial charge in [-0.15, -0.1) is 0 Å². The minimum absolute atomic E-state index is 0.223. The fraction of sp³-hybridized carbons (Fsp3) is 0.250. The first kappa shape index (κ1) is 13.0. The van der Waals surface area contributed by atoms with E-state index in [0.717, 1.165) is 11.1 Å². The number of aromatic nitrogens is 1. The van der Waals surface area contributed by atoms with Crippen LogP contribution in [0.15, 0.2) is 29.0 Å². The Bertz CT molecular complexity index is 608. The van der Waals surface area contributed by atoms with Gasteiger partial charge in [-0.25, -0.2) is 9.78 Å². The molecular weight excluding hydrogens is 250 g/mol. The van der Waals surface area contributed by atoms with Gasteiger partial charge in [0.2, 0.25) is 5.91 Å². The second-order valence-corrected chi connectivity index (χ2v) is 3.93. The van der Waals surface area contributed by atoms with E-state index in [2.05, 4.69) is 15.6 Å². The van der Waals surface area contributed by atoms with Crippen molar-refractivity contribution in [2.24, 2.45) is 0 Å². The summed E-state index contributed by atoms with van der Waals surface area (Å²) in [5, 5.41) is 13.8. The highest BCUT2D eigenvalue weighted by molar-refractivity contribution is 6.01. The maximum absolute atomic E-state index is 11.6. The predicted molar refractivity (Wildman–Crippen MR) is 66.3 cm³/mol. The number of hydrogen-bond donors (Lipinski definition) is 3. The zero-order valence-corrected chi connectivity index (χ0v) is 10.2. The van der Waals surface area contributed by atoms with Gasteiger partial charge in [-0.1, -0.05) is 6.07 Å². The number of nitrogens with one attached hydrogen (secondary N) is 2. The van der Waals surface area contributed by atoms with Crippen LogP contribution in [0.1, 0.15) is 5.56 Å². The lowest BCUT2D eigenvalue weighted by Gasteiger charge is -2.11. The molecule has 0 bridgehead atoms. The summed E-state index contributed by atoms with van der Waals surface area (Å²) in [7, 11) is 1.42. The summed E-state index contributed by atoms with van der Waals surface area (Å²) in [6.07, 6.45) is 1.34. The van der Waals surface area contributed by atoms with Crippen molar-refractivity contribution in [3.8, 4) is 0 Å². The fourth-order valence-electron chi connectivity index (χ4n) is 1.67. The molecule has 1 aromatic carbocycles. The van der Waals surface area contributed by atoms with Gasteiger partial charge in [-0.05, 0) is 24.7 Å². The Labute approximate surface area is 108 Å². The van der Waals surface area contributed by atoms with Gasteiger partial charge in [-0.2, -0.15) is 0 Å². The van der Waals surface area contributed by atoms with Gasteiger partial charge in [0.05, 0.1) is 0 Å². The van der Waals surface area contributed by atoms with E-state index < -0.39 is 17.9 Å². The normalized spacial score (nSPS) is 12.3. The standard InChI is InChI=1S/C12H13N3O4/c1-13-10(12(17)18)11(16)14-5-7-2-3-8-9(4-7)19-6-15-8/h2-4,6,10,13H,5H2,1H3,(H,14,16)(H,17,18). The van der Waals surface area contributed by atoms with Crippen LogP contribution in [0.3, 0.4) is 0 Å². The van der Waals surface area contributed by atoms with Gasteiger partial charge in [-0.3, -0.25) is 10.1 Å². The molecule has 100 valence electrons. The maximum Gasteiger partial charge on any atom is 0.330 e. The fourth-order valence-corrected chi connectivity index (χ4v) is 1.67. The number of amides is 1. The first-order chi connectivity index (χ1) is 9.11. The Morgan fingerprint density at radius 3 is 2.95 bits per heavy atom. The highest BCUT2D eigenvalue weighted by Gasteiger charge is 2.23. The van der Waals surface area contributed by atoms with Crippen LogP contribution in [0.25, 0.3) is 11.1 Å². The molecule has 2 rings (SSSR count). The first-order valence-corrected chi connectivity index (χ1v) is 5.61. The Morgan fingerprint density at radius 2 is 2.26 bits per heavy atom. The number of oxazole rings is 1. The number of fused-ring (bicyclic) bond motifs is 1. The van der Waals surface area contributed by atoms with Crippen LogP contribution in [-0.2, 0) is 16.1 Å². The van der Waals surface area contributed by atoms with E-state index in [1.54, 1.807) is 18.2 Å². The van der Waals surface area contributed by atoms with E-state index >= 15 is 0 Å². The third-order valence-corrected chi connectivity index (χ3v) is 2.66. The zero-order chi connectivity index (χ0) is 13.8. The first-order valence-electron chi connectivity index (χ1n) is 5.61. The van der Waals surface area contributed by atoms with Gasteiger partial charge < -0.3 is 14.8 Å². The molecule has 1 aromatic heterocycles. The van der Waals surface area contributed by atoms with Gasteiger partial charge in [0.1, 0.15) is 5.52 Å². The van der Waals surface area contributed by atoms with Crippen LogP contribution in [-0.4, -0.2) is 35.1 Å². The van der Waals surface area contributed by atoms with Crippen LogP contribution < -0.4 is 10.6 Å². The van der Waals surface area contributed by atoms with E-state index in [9.17, 15) is 9.59 Å². The number of carboxylic acid groups (broad SMARTS) is 1. The minimum atomic E-state index is -1.26. The second kappa shape index (κ2) is 5.49. The number of carbonyl (C=O) groups excluding carboxylic acids is 1. The van der Waals surface area contributed by atoms with Gasteiger partial charge in [0.25, 0.3) is 0 Å². The van der Waals surface area contributed by atoms with Crippen molar-refractivity contribution in [3.63, 3.8) is 0 Å². The number of likely N-dealkylation sites (N-methyl/N-ethyl adjacent to an activating group) is 1. The van der Waals surface area contributed by atoms with Crippen molar-refractivity contribution >= 4 is 23.0 Å². The van der Waals surface area contributed by atoms with E-state index in [1.807, 2.05) is 0 Å². The molecule has 2 aromatic rings. The average molecular weight is 263 g/mol. The van der Waals surface area contributed by atoms with Crippen molar-refractivity contribution < 1.29 is 19.1 Å². The molecule has 1 heterocycles. The molecule has 0 spiro atoms. The summed E-state index contributed by atoms with van der Waals surface area (Å²) < 4.78 is 5.14. The molecule has 0 saturated carbocycles. The van der Waals surface area contributed by atoms with E-state index in [4.69, 9.17) is 9.52 Å². The highest BCUT2D eigenvalue weighted by Crippen LogP contribution is 2.13. The summed E-state index contributed by atoms with van der Waals surface area (Å²) in [4.78, 5) is 26.4. The second-order valence-electron chi connectivity index (χ2n) is 3.93. The molecule has 0 fully saturated rings. The molecule has 0 aliphatic heterocycles. The highest BCUT2D eigenvalue weighted by atomic mass is 16.4. The molecule has 0 saturated heterocycles. The third-order valence-electron chi connectivity index (χ3n) is 2.66. The quantitative estimate of drug-likeness (QED) is 0.662. The molecule has 0 aliphatic rings. The molecule has 7 heteroatoms. The Hall–Kier alpha value is -2.41. The van der Waals surface area contributed by atoms with E-state index in [1.165, 1.54) is 13.4 Å². The van der Waals surface area contributed by atoms with Gasteiger partial charge in [0, 0.05) is 6.54 Å². The lowest BCUT2D eigenvalue weighted by molar-refractivity contribution is -0.143. The maximum atomic E-state index is 11.6. The summed E-state index contributed by atoms with van der Waals surface area (Å²) in [5.74, 6) is -1.81. The van der Waals surface area contributed by atoms with Crippen molar-refractivity contribution in [2.75, 3.05) is 7.05 Å². The number of carbonyl (C=O) groups is 2. The number of aliphatic carboxylic acids is 1. The number of rotatable bonds is 5. The molecule has 0 radical (unpaired) electrons. The Balaban J connectivity index is 2.01. The lowest BCUT2D eigenvalue weighted by Crippen LogP contribution is -2.47. The average Bonchev–Trinajstić information content (AvgIpc) is 2.84. The summed E-state index contributed by atoms with van der Waals surface area (Å²) >= 11 is 0. The Kier molecular flexibility index (Phi) is 3.76. The third kappa shape index (κ3) is 2.89. The van der Waals surface area contributed by atoms with Crippen LogP contribution in [0.5, 0.6) is 0 Å². The predicted octanol–water partition coefficient (Wildman–Crippen LogP) is 0.117. The smallest absolute Gasteiger partial charge is 0.330 e. The van der Waals surface area contributed by atoms with Crippen LogP contribution in [0.4, 0.5) is 0 Å². The SMILES string of the molecule is CNC(C(=O)O)C(=O)NCc1ccc2ncoc2c1. The van der Waals surface area contributed by atoms with E-state index in [0.29, 0.717) is 5.58 Å². The van der Waals surface area contributed by atoms with Crippen LogP contribution in [0, 0.1) is 0 Å². The number of hydrogen-bond acceptors (Lipinski definition) is 5. The largest absolute Gasteiger partial charge is 0.480 e. The summed E-state index contributed by atoms with van der Waals surface area (Å²) in [5.41, 5.74) is 2.15. The molecule has 1 unspecified atom stereocenters. The van der Waals surface area contributed by atoms with Crippen molar-refractivity contribution in [2.45, 2.75) is 12.6 Å².